The van der Waals surface area contributed by atoms with Crippen molar-refractivity contribution in [1.82, 2.24) is 0 Å². The van der Waals surface area contributed by atoms with Gasteiger partial charge in [-0.05, 0) is 12.1 Å². The second-order valence-corrected chi connectivity index (χ2v) is 3.10. The number of nitrogens with two attached hydrogens (primary N) is 1. The molecule has 5 heteroatoms. The van der Waals surface area contributed by atoms with Crippen molar-refractivity contribution in [2.24, 2.45) is 5.73 Å². The van der Waals surface area contributed by atoms with Crippen molar-refractivity contribution >= 4 is 17.6 Å². The van der Waals surface area contributed by atoms with E-state index in [9.17, 15) is 9.18 Å². The van der Waals surface area contributed by atoms with Gasteiger partial charge in [-0.2, -0.15) is 0 Å². The molecule has 0 aliphatic heterocycles. The van der Waals surface area contributed by atoms with Crippen LogP contribution in [0.2, 0.25) is 5.02 Å². The molecule has 76 valence electrons. The lowest BCUT2D eigenvalue weighted by Gasteiger charge is -2.10. The Hall–Kier alpha value is -1.13. The van der Waals surface area contributed by atoms with Gasteiger partial charge >= 0.3 is 5.97 Å². The SMILES string of the molecule is COC(=O)C(N)c1ccc(Cl)cc1F. The molecule has 3 nitrogen and oxygen atoms in total. The van der Waals surface area contributed by atoms with Gasteiger partial charge in [-0.25, -0.2) is 4.39 Å². The quantitative estimate of drug-likeness (QED) is 0.767. The predicted octanol–water partition coefficient (Wildman–Crippen LogP) is 1.65. The minimum Gasteiger partial charge on any atom is -0.468 e. The maximum absolute atomic E-state index is 13.2. The van der Waals surface area contributed by atoms with Crippen LogP contribution in [0.3, 0.4) is 0 Å². The number of rotatable bonds is 2. The van der Waals surface area contributed by atoms with Crippen molar-refractivity contribution in [3.63, 3.8) is 0 Å². The Bertz CT molecular complexity index is 357. The fourth-order valence-electron chi connectivity index (χ4n) is 1.01. The minimum atomic E-state index is -1.11. The number of carbonyl (C=O) groups is 1. The van der Waals surface area contributed by atoms with E-state index in [0.717, 1.165) is 6.07 Å². The molecule has 14 heavy (non-hydrogen) atoms. The average molecular weight is 218 g/mol. The van der Waals surface area contributed by atoms with Gasteiger partial charge in [0, 0.05) is 10.6 Å². The average Bonchev–Trinajstić information content (AvgIpc) is 2.15. The molecule has 0 saturated heterocycles. The lowest BCUT2D eigenvalue weighted by Crippen LogP contribution is -2.23. The van der Waals surface area contributed by atoms with E-state index < -0.39 is 17.8 Å². The largest absolute Gasteiger partial charge is 0.468 e. The molecule has 1 unspecified atom stereocenters. The van der Waals surface area contributed by atoms with Crippen molar-refractivity contribution in [2.45, 2.75) is 6.04 Å². The third-order valence-electron chi connectivity index (χ3n) is 1.75. The standard InChI is InChI=1S/C9H9ClFNO2/c1-14-9(13)8(12)6-3-2-5(10)4-7(6)11/h2-4,8H,12H2,1H3. The van der Waals surface area contributed by atoms with Gasteiger partial charge in [-0.3, -0.25) is 4.79 Å². The van der Waals surface area contributed by atoms with E-state index in [4.69, 9.17) is 17.3 Å². The summed E-state index contributed by atoms with van der Waals surface area (Å²) in [6, 6.07) is 2.80. The van der Waals surface area contributed by atoms with E-state index in [-0.39, 0.29) is 10.6 Å². The number of benzene rings is 1. The monoisotopic (exact) mass is 217 g/mol. The van der Waals surface area contributed by atoms with Gasteiger partial charge < -0.3 is 10.5 Å². The van der Waals surface area contributed by atoms with E-state index in [1.165, 1.54) is 19.2 Å². The zero-order valence-electron chi connectivity index (χ0n) is 7.46. The van der Waals surface area contributed by atoms with E-state index in [0.29, 0.717) is 0 Å². The summed E-state index contributed by atoms with van der Waals surface area (Å²) in [5.74, 6) is -1.30. The lowest BCUT2D eigenvalue weighted by atomic mass is 10.1. The highest BCUT2D eigenvalue weighted by molar-refractivity contribution is 6.30. The third kappa shape index (κ3) is 2.21. The lowest BCUT2D eigenvalue weighted by molar-refractivity contribution is -0.142. The van der Waals surface area contributed by atoms with Gasteiger partial charge in [0.15, 0.2) is 0 Å². The van der Waals surface area contributed by atoms with E-state index in [1.54, 1.807) is 0 Å². The van der Waals surface area contributed by atoms with Gasteiger partial charge in [-0.15, -0.1) is 0 Å². The van der Waals surface area contributed by atoms with E-state index in [2.05, 4.69) is 4.74 Å². The van der Waals surface area contributed by atoms with Gasteiger partial charge in [0.25, 0.3) is 0 Å². The summed E-state index contributed by atoms with van der Waals surface area (Å²) in [7, 11) is 1.19. The van der Waals surface area contributed by atoms with Crippen LogP contribution in [0.1, 0.15) is 11.6 Å². The van der Waals surface area contributed by atoms with Crippen LogP contribution in [0.15, 0.2) is 18.2 Å². The molecule has 0 amide bonds. The first-order valence-corrected chi connectivity index (χ1v) is 4.22. The number of carbonyl (C=O) groups excluding carboxylic acids is 1. The molecule has 2 N–H and O–H groups in total. The minimum absolute atomic E-state index is 0.0706. The fourth-order valence-corrected chi connectivity index (χ4v) is 1.17. The van der Waals surface area contributed by atoms with Crippen molar-refractivity contribution in [3.05, 3.63) is 34.6 Å². The molecular formula is C9H9ClFNO2. The smallest absolute Gasteiger partial charge is 0.327 e. The molecular weight excluding hydrogens is 209 g/mol. The first-order chi connectivity index (χ1) is 6.56. The van der Waals surface area contributed by atoms with Crippen LogP contribution in [-0.4, -0.2) is 13.1 Å². The normalized spacial score (nSPS) is 12.3. The zero-order valence-corrected chi connectivity index (χ0v) is 8.22. The van der Waals surface area contributed by atoms with Crippen LogP contribution in [0.4, 0.5) is 4.39 Å². The van der Waals surface area contributed by atoms with Crippen LogP contribution >= 0.6 is 11.6 Å². The summed E-state index contributed by atoms with van der Waals surface area (Å²) in [4.78, 5) is 11.0. The third-order valence-corrected chi connectivity index (χ3v) is 1.99. The van der Waals surface area contributed by atoms with Crippen LogP contribution in [0.5, 0.6) is 0 Å². The summed E-state index contributed by atoms with van der Waals surface area (Å²) in [5.41, 5.74) is 5.51. The Balaban J connectivity index is 3.01. The number of methoxy groups -OCH3 is 1. The topological polar surface area (TPSA) is 52.3 Å². The number of ether oxygens (including phenoxy) is 1. The first-order valence-electron chi connectivity index (χ1n) is 3.84. The predicted molar refractivity (Wildman–Crippen MR) is 50.4 cm³/mol. The maximum Gasteiger partial charge on any atom is 0.327 e. The van der Waals surface area contributed by atoms with E-state index in [1.807, 2.05) is 0 Å². The van der Waals surface area contributed by atoms with Crippen LogP contribution < -0.4 is 5.73 Å². The Kier molecular flexibility index (Phi) is 3.43. The van der Waals surface area contributed by atoms with Crippen molar-refractivity contribution in [3.8, 4) is 0 Å². The highest BCUT2D eigenvalue weighted by Gasteiger charge is 2.19. The number of halogens is 2. The Morgan fingerprint density at radius 3 is 2.79 bits per heavy atom. The summed E-state index contributed by atoms with van der Waals surface area (Å²) >= 11 is 5.54. The van der Waals surface area contributed by atoms with Crippen LogP contribution in [-0.2, 0) is 9.53 Å². The van der Waals surface area contributed by atoms with Crippen molar-refractivity contribution < 1.29 is 13.9 Å². The number of esters is 1. The Morgan fingerprint density at radius 2 is 2.29 bits per heavy atom. The summed E-state index contributed by atoms with van der Waals surface area (Å²) in [5, 5.41) is 0.253. The summed E-state index contributed by atoms with van der Waals surface area (Å²) in [6.45, 7) is 0. The fraction of sp³-hybridized carbons (Fsp3) is 0.222. The van der Waals surface area contributed by atoms with Crippen molar-refractivity contribution in [1.29, 1.82) is 0 Å². The molecule has 0 radical (unpaired) electrons. The highest BCUT2D eigenvalue weighted by atomic mass is 35.5. The molecule has 0 spiro atoms. The molecule has 0 saturated carbocycles. The van der Waals surface area contributed by atoms with Gasteiger partial charge in [0.2, 0.25) is 0 Å². The van der Waals surface area contributed by atoms with Gasteiger partial charge in [-0.1, -0.05) is 17.7 Å². The molecule has 0 fully saturated rings. The molecule has 0 aliphatic rings. The first kappa shape index (κ1) is 10.9. The number of hydrogen-bond donors (Lipinski definition) is 1. The van der Waals surface area contributed by atoms with Gasteiger partial charge in [0.05, 0.1) is 7.11 Å². The maximum atomic E-state index is 13.2. The molecule has 0 heterocycles. The van der Waals surface area contributed by atoms with Crippen LogP contribution in [0, 0.1) is 5.82 Å². The second kappa shape index (κ2) is 4.39. The molecule has 0 bridgehead atoms. The highest BCUT2D eigenvalue weighted by Crippen LogP contribution is 2.19. The van der Waals surface area contributed by atoms with Gasteiger partial charge in [0.1, 0.15) is 11.9 Å². The summed E-state index contributed by atoms with van der Waals surface area (Å²) in [6.07, 6.45) is 0. The molecule has 0 aliphatic carbocycles. The zero-order chi connectivity index (χ0) is 10.7. The molecule has 1 atom stereocenters. The van der Waals surface area contributed by atoms with E-state index >= 15 is 0 Å². The molecule has 1 rings (SSSR count). The Morgan fingerprint density at radius 1 is 1.64 bits per heavy atom. The van der Waals surface area contributed by atoms with Crippen molar-refractivity contribution in [2.75, 3.05) is 7.11 Å². The summed E-state index contributed by atoms with van der Waals surface area (Å²) < 4.78 is 17.6. The molecule has 0 aromatic heterocycles. The van der Waals surface area contributed by atoms with Crippen LogP contribution in [0.25, 0.3) is 0 Å². The Labute approximate surface area is 85.6 Å². The molecule has 1 aromatic rings. The number of hydrogen-bond acceptors (Lipinski definition) is 3. The second-order valence-electron chi connectivity index (χ2n) is 2.67. The molecule has 1 aromatic carbocycles.